The predicted molar refractivity (Wildman–Crippen MR) is 152 cm³/mol. The molecule has 0 fully saturated rings. The van der Waals surface area contributed by atoms with E-state index in [-0.39, 0.29) is 16.5 Å². The summed E-state index contributed by atoms with van der Waals surface area (Å²) in [6.45, 7) is 2.76. The van der Waals surface area contributed by atoms with Crippen molar-refractivity contribution >= 4 is 43.7 Å². The van der Waals surface area contributed by atoms with E-state index in [2.05, 4.69) is 15.9 Å². The Labute approximate surface area is 228 Å². The van der Waals surface area contributed by atoms with E-state index in [1.807, 2.05) is 91.9 Å². The number of aromatic nitrogens is 2. The number of alkyl halides is 1. The van der Waals surface area contributed by atoms with Gasteiger partial charge in [0.15, 0.2) is 0 Å². The molecule has 5 aromatic rings. The minimum atomic E-state index is -0.509. The largest absolute Gasteiger partial charge is 0.497 e. The number of para-hydroxylation sites is 1. The number of carbonyl (C=O) groups excluding carboxylic acids is 1. The van der Waals surface area contributed by atoms with Crippen molar-refractivity contribution in [1.82, 2.24) is 9.13 Å². The number of ether oxygens (including phenoxy) is 2. The van der Waals surface area contributed by atoms with Gasteiger partial charge in [0.05, 0.1) is 35.4 Å². The van der Waals surface area contributed by atoms with Crippen LogP contribution >= 0.6 is 15.9 Å². The van der Waals surface area contributed by atoms with Crippen LogP contribution in [-0.2, 0) is 22.6 Å². The summed E-state index contributed by atoms with van der Waals surface area (Å²) >= 11 is 3.72. The fraction of sp³-hybridized carbons (Fsp3) is 0.226. The first kappa shape index (κ1) is 24.5. The number of fused-ring (bicyclic) bond motifs is 1. The average molecular weight is 571 g/mol. The van der Waals surface area contributed by atoms with E-state index >= 15 is 0 Å². The lowest BCUT2D eigenvalue weighted by molar-refractivity contribution is -0.151. The van der Waals surface area contributed by atoms with Gasteiger partial charge in [-0.3, -0.25) is 13.9 Å². The Kier molecular flexibility index (Phi) is 6.32. The van der Waals surface area contributed by atoms with Crippen LogP contribution in [0.3, 0.4) is 0 Å². The number of methoxy groups -OCH3 is 1. The first-order valence-electron chi connectivity index (χ1n) is 12.6. The molecule has 6 rings (SSSR count). The van der Waals surface area contributed by atoms with Crippen molar-refractivity contribution in [3.8, 4) is 5.75 Å². The Bertz CT molecular complexity index is 1720. The second-order valence-corrected chi connectivity index (χ2v) is 10.9. The van der Waals surface area contributed by atoms with Gasteiger partial charge < -0.3 is 9.47 Å². The number of esters is 1. The second kappa shape index (κ2) is 9.80. The molecule has 0 saturated carbocycles. The molecule has 0 saturated heterocycles. The smallest absolute Gasteiger partial charge is 0.329 e. The van der Waals surface area contributed by atoms with Crippen molar-refractivity contribution < 1.29 is 14.3 Å². The van der Waals surface area contributed by atoms with Gasteiger partial charge in [-0.05, 0) is 47.0 Å². The molecule has 1 aliphatic heterocycles. The summed E-state index contributed by atoms with van der Waals surface area (Å²) in [5.41, 5.74) is 4.39. The zero-order chi connectivity index (χ0) is 26.4. The lowest BCUT2D eigenvalue weighted by atomic mass is 9.97. The normalized spacial score (nSPS) is 17.4. The molecule has 6 nitrogen and oxygen atoms in total. The molecular formula is C31H27BrN2O4. The fourth-order valence-electron chi connectivity index (χ4n) is 5.33. The molecule has 3 atom stereocenters. The number of nitrogens with zero attached hydrogens (tertiary/aromatic N) is 2. The van der Waals surface area contributed by atoms with Crippen molar-refractivity contribution in [1.29, 1.82) is 0 Å². The summed E-state index contributed by atoms with van der Waals surface area (Å²) in [5.74, 6) is 0.0413. The molecular weight excluding hydrogens is 544 g/mol. The highest BCUT2D eigenvalue weighted by molar-refractivity contribution is 9.09. The molecule has 0 bridgehead atoms. The van der Waals surface area contributed by atoms with Gasteiger partial charge in [-0.25, -0.2) is 4.79 Å². The molecule has 0 amide bonds. The highest BCUT2D eigenvalue weighted by Gasteiger charge is 2.35. The van der Waals surface area contributed by atoms with Crippen molar-refractivity contribution in [3.05, 3.63) is 112 Å². The Morgan fingerprint density at radius 3 is 2.55 bits per heavy atom. The first-order chi connectivity index (χ1) is 18.4. The first-order valence-corrected chi connectivity index (χ1v) is 13.5. The second-order valence-electron chi connectivity index (χ2n) is 9.75. The molecule has 4 aromatic carbocycles. The van der Waals surface area contributed by atoms with Crippen molar-refractivity contribution in [3.63, 3.8) is 0 Å². The van der Waals surface area contributed by atoms with Gasteiger partial charge >= 0.3 is 11.7 Å². The number of carbonyl (C=O) groups is 1. The molecule has 0 aliphatic carbocycles. The molecule has 192 valence electrons. The Balaban J connectivity index is 1.31. The van der Waals surface area contributed by atoms with Crippen LogP contribution in [0.25, 0.3) is 21.8 Å². The van der Waals surface area contributed by atoms with E-state index < -0.39 is 12.0 Å². The molecule has 7 heteroatoms. The van der Waals surface area contributed by atoms with Gasteiger partial charge in [-0.15, -0.1) is 0 Å². The molecule has 1 aromatic heterocycles. The van der Waals surface area contributed by atoms with Gasteiger partial charge in [0, 0.05) is 12.1 Å². The van der Waals surface area contributed by atoms with E-state index in [0.717, 1.165) is 44.2 Å². The lowest BCUT2D eigenvalue weighted by Crippen LogP contribution is -2.34. The molecule has 2 heterocycles. The standard InChI is InChI=1S/C31H27BrN2O4/c1-19(21-11-12-23-16-24(37-2)14-13-22(23)15-21)30(35)38-29-25-9-6-10-27-28(25)34(18-26(29)32)31(36)33(27)17-20-7-4-3-5-8-20/h3-16,19,26,29H,17-18H2,1-2H3/t19-,26+,29+/m1/s1. The van der Waals surface area contributed by atoms with Crippen LogP contribution in [0.4, 0.5) is 0 Å². The zero-order valence-electron chi connectivity index (χ0n) is 21.1. The summed E-state index contributed by atoms with van der Waals surface area (Å²) in [6, 6.07) is 27.6. The summed E-state index contributed by atoms with van der Waals surface area (Å²) in [6.07, 6.45) is -0.509. The molecule has 0 N–H and O–H groups in total. The number of hydrogen-bond acceptors (Lipinski definition) is 4. The SMILES string of the molecule is COc1ccc2cc([C@@H](C)C(=O)O[C@H]3c4cccc5c4n(c(=O)n5Cc4ccccc4)C[C@@H]3Br)ccc2c1. The van der Waals surface area contributed by atoms with Crippen LogP contribution in [0, 0.1) is 0 Å². The molecule has 0 spiro atoms. The van der Waals surface area contributed by atoms with Crippen molar-refractivity contribution in [2.75, 3.05) is 7.11 Å². The van der Waals surface area contributed by atoms with E-state index in [1.165, 1.54) is 0 Å². The van der Waals surface area contributed by atoms with Gasteiger partial charge in [-0.2, -0.15) is 0 Å². The third-order valence-electron chi connectivity index (χ3n) is 7.41. The molecule has 0 unspecified atom stereocenters. The van der Waals surface area contributed by atoms with Crippen LogP contribution in [0.2, 0.25) is 0 Å². The Morgan fingerprint density at radius 1 is 1.00 bits per heavy atom. The fourth-order valence-corrected chi connectivity index (χ4v) is 6.01. The third-order valence-corrected chi connectivity index (χ3v) is 8.18. The van der Waals surface area contributed by atoms with E-state index in [1.54, 1.807) is 16.2 Å². The zero-order valence-corrected chi connectivity index (χ0v) is 22.7. The van der Waals surface area contributed by atoms with Crippen LogP contribution in [0.15, 0.2) is 89.7 Å². The van der Waals surface area contributed by atoms with E-state index in [0.29, 0.717) is 13.1 Å². The number of imidazole rings is 1. The van der Waals surface area contributed by atoms with E-state index in [9.17, 15) is 9.59 Å². The average Bonchev–Trinajstić information content (AvgIpc) is 3.21. The molecule has 0 radical (unpaired) electrons. The van der Waals surface area contributed by atoms with Gasteiger partial charge in [0.2, 0.25) is 0 Å². The highest BCUT2D eigenvalue weighted by Crippen LogP contribution is 2.38. The van der Waals surface area contributed by atoms with Crippen LogP contribution in [0.5, 0.6) is 5.75 Å². The summed E-state index contributed by atoms with van der Waals surface area (Å²) in [5, 5.41) is 2.08. The van der Waals surface area contributed by atoms with Crippen molar-refractivity contribution in [2.24, 2.45) is 0 Å². The van der Waals surface area contributed by atoms with Gasteiger partial charge in [-0.1, -0.05) is 82.7 Å². The quantitative estimate of drug-likeness (QED) is 0.181. The van der Waals surface area contributed by atoms with Crippen LogP contribution < -0.4 is 10.4 Å². The maximum atomic E-state index is 13.4. The number of rotatable bonds is 6. The van der Waals surface area contributed by atoms with Crippen LogP contribution in [0.1, 0.15) is 35.6 Å². The lowest BCUT2D eigenvalue weighted by Gasteiger charge is -2.29. The molecule has 1 aliphatic rings. The van der Waals surface area contributed by atoms with Crippen LogP contribution in [-0.4, -0.2) is 27.0 Å². The van der Waals surface area contributed by atoms with E-state index in [4.69, 9.17) is 9.47 Å². The minimum Gasteiger partial charge on any atom is -0.497 e. The number of hydrogen-bond donors (Lipinski definition) is 0. The topological polar surface area (TPSA) is 62.5 Å². The van der Waals surface area contributed by atoms with Gasteiger partial charge in [0.25, 0.3) is 0 Å². The summed E-state index contributed by atoms with van der Waals surface area (Å²) < 4.78 is 15.1. The predicted octanol–water partition coefficient (Wildman–Crippen LogP) is 6.18. The highest BCUT2D eigenvalue weighted by atomic mass is 79.9. The summed E-state index contributed by atoms with van der Waals surface area (Å²) in [4.78, 5) is 26.6. The van der Waals surface area contributed by atoms with Gasteiger partial charge in [0.1, 0.15) is 11.9 Å². The monoisotopic (exact) mass is 570 g/mol. The Hall–Kier alpha value is -3.84. The number of benzene rings is 4. The third kappa shape index (κ3) is 4.21. The summed E-state index contributed by atoms with van der Waals surface area (Å²) in [7, 11) is 1.65. The minimum absolute atomic E-state index is 0.0632. The number of halogens is 1. The maximum absolute atomic E-state index is 13.4. The van der Waals surface area contributed by atoms with Crippen molar-refractivity contribution in [2.45, 2.75) is 36.9 Å². The Morgan fingerprint density at radius 2 is 1.76 bits per heavy atom. The molecule has 38 heavy (non-hydrogen) atoms. The maximum Gasteiger partial charge on any atom is 0.329 e.